The maximum Gasteiger partial charge on any atom is 0.309 e. The van der Waals surface area contributed by atoms with Crippen LogP contribution in [0, 0.1) is 17.5 Å². The fourth-order valence-corrected chi connectivity index (χ4v) is 1.23. The molecule has 0 saturated carbocycles. The van der Waals surface area contributed by atoms with Crippen molar-refractivity contribution in [3.8, 4) is 0 Å². The molecule has 7 heteroatoms. The Morgan fingerprint density at radius 3 is 2.29 bits per heavy atom. The van der Waals surface area contributed by atoms with Gasteiger partial charge in [-0.15, -0.1) is 0 Å². The molecule has 1 aromatic carbocycles. The molecule has 0 atom stereocenters. The molecular formula is C10H8F3NO3. The zero-order valence-electron chi connectivity index (χ0n) is 8.45. The van der Waals surface area contributed by atoms with E-state index >= 15 is 0 Å². The number of halogens is 3. The van der Waals surface area contributed by atoms with Crippen molar-refractivity contribution in [1.29, 1.82) is 0 Å². The van der Waals surface area contributed by atoms with Crippen molar-refractivity contribution in [2.45, 2.75) is 12.8 Å². The predicted octanol–water partition coefficient (Wildman–Crippen LogP) is 1.95. The van der Waals surface area contributed by atoms with Crippen LogP contribution >= 0.6 is 0 Å². The number of oxime groups is 1. The van der Waals surface area contributed by atoms with Crippen molar-refractivity contribution < 1.29 is 28.3 Å². The van der Waals surface area contributed by atoms with Crippen LogP contribution in [-0.2, 0) is 11.2 Å². The van der Waals surface area contributed by atoms with E-state index < -0.39 is 36.3 Å². The molecule has 0 bridgehead atoms. The Balaban J connectivity index is 2.94. The van der Waals surface area contributed by atoms with Crippen molar-refractivity contribution in [2.75, 3.05) is 0 Å². The molecule has 4 nitrogen and oxygen atoms in total. The third kappa shape index (κ3) is 3.47. The van der Waals surface area contributed by atoms with Gasteiger partial charge in [0.15, 0.2) is 11.6 Å². The van der Waals surface area contributed by atoms with Crippen molar-refractivity contribution in [2.24, 2.45) is 5.16 Å². The molecule has 0 radical (unpaired) electrons. The summed E-state index contributed by atoms with van der Waals surface area (Å²) in [5, 5.41) is 19.6. The molecule has 0 aliphatic rings. The third-order valence-corrected chi connectivity index (χ3v) is 1.98. The highest BCUT2D eigenvalue weighted by molar-refractivity contribution is 5.99. The van der Waals surface area contributed by atoms with Gasteiger partial charge < -0.3 is 10.3 Å². The summed E-state index contributed by atoms with van der Waals surface area (Å²) in [7, 11) is 0. The third-order valence-electron chi connectivity index (χ3n) is 1.98. The number of carbonyl (C=O) groups is 1. The summed E-state index contributed by atoms with van der Waals surface area (Å²) < 4.78 is 38.6. The highest BCUT2D eigenvalue weighted by Crippen LogP contribution is 2.15. The average Bonchev–Trinajstić information content (AvgIpc) is 2.24. The van der Waals surface area contributed by atoms with Crippen LogP contribution in [0.5, 0.6) is 0 Å². The highest BCUT2D eigenvalue weighted by Gasteiger charge is 2.14. The van der Waals surface area contributed by atoms with Crippen LogP contribution in [0.2, 0.25) is 0 Å². The molecule has 0 aliphatic carbocycles. The van der Waals surface area contributed by atoms with Gasteiger partial charge in [-0.25, -0.2) is 13.2 Å². The van der Waals surface area contributed by atoms with Gasteiger partial charge in [0.25, 0.3) is 0 Å². The fourth-order valence-electron chi connectivity index (χ4n) is 1.23. The Labute approximate surface area is 94.0 Å². The predicted molar refractivity (Wildman–Crippen MR) is 51.5 cm³/mol. The van der Waals surface area contributed by atoms with E-state index in [0.717, 1.165) is 0 Å². The van der Waals surface area contributed by atoms with Crippen LogP contribution in [0.15, 0.2) is 17.3 Å². The second-order valence-electron chi connectivity index (χ2n) is 3.27. The minimum absolute atomic E-state index is 0.262. The summed E-state index contributed by atoms with van der Waals surface area (Å²) in [4.78, 5) is 10.3. The van der Waals surface area contributed by atoms with Gasteiger partial charge >= 0.3 is 5.97 Å². The van der Waals surface area contributed by atoms with Crippen molar-refractivity contribution in [3.05, 3.63) is 35.1 Å². The zero-order valence-corrected chi connectivity index (χ0v) is 8.45. The molecule has 1 rings (SSSR count). The van der Waals surface area contributed by atoms with Gasteiger partial charge in [0, 0.05) is 12.5 Å². The summed E-state index contributed by atoms with van der Waals surface area (Å²) >= 11 is 0. The molecule has 0 spiro atoms. The first-order chi connectivity index (χ1) is 7.93. The standard InChI is InChI=1S/C10H8F3NO3/c11-7-4-9(13)8(12)2-5(7)1-6(14-17)3-10(15)16/h2,4,17H,1,3H2,(H,15,16)/b14-6-. The Morgan fingerprint density at radius 2 is 1.76 bits per heavy atom. The summed E-state index contributed by atoms with van der Waals surface area (Å²) in [5.74, 6) is -4.91. The summed E-state index contributed by atoms with van der Waals surface area (Å²) in [5.41, 5.74) is -0.541. The normalized spacial score (nSPS) is 11.6. The van der Waals surface area contributed by atoms with Crippen molar-refractivity contribution in [1.82, 2.24) is 0 Å². The van der Waals surface area contributed by atoms with E-state index in [-0.39, 0.29) is 11.3 Å². The molecular weight excluding hydrogens is 239 g/mol. The number of hydrogen-bond donors (Lipinski definition) is 2. The quantitative estimate of drug-likeness (QED) is 0.370. The van der Waals surface area contributed by atoms with Crippen LogP contribution < -0.4 is 0 Å². The molecule has 17 heavy (non-hydrogen) atoms. The highest BCUT2D eigenvalue weighted by atomic mass is 19.2. The Bertz CT molecular complexity index is 474. The van der Waals surface area contributed by atoms with E-state index in [4.69, 9.17) is 10.3 Å². The minimum atomic E-state index is -1.34. The molecule has 92 valence electrons. The second kappa shape index (κ2) is 5.33. The van der Waals surface area contributed by atoms with Crippen LogP contribution in [0.1, 0.15) is 12.0 Å². The van der Waals surface area contributed by atoms with E-state index in [1.165, 1.54) is 0 Å². The number of carboxylic acids is 1. The first-order valence-corrected chi connectivity index (χ1v) is 4.49. The maximum absolute atomic E-state index is 13.2. The number of rotatable bonds is 4. The van der Waals surface area contributed by atoms with Crippen molar-refractivity contribution >= 4 is 11.7 Å². The minimum Gasteiger partial charge on any atom is -0.481 e. The lowest BCUT2D eigenvalue weighted by Gasteiger charge is -2.04. The maximum atomic E-state index is 13.2. The molecule has 0 saturated heterocycles. The second-order valence-corrected chi connectivity index (χ2v) is 3.27. The number of aliphatic carboxylic acids is 1. The fraction of sp³-hybridized carbons (Fsp3) is 0.200. The monoisotopic (exact) mass is 247 g/mol. The van der Waals surface area contributed by atoms with Crippen LogP contribution in [0.25, 0.3) is 0 Å². The first-order valence-electron chi connectivity index (χ1n) is 4.49. The molecule has 2 N–H and O–H groups in total. The Morgan fingerprint density at radius 1 is 1.18 bits per heavy atom. The molecule has 0 fully saturated rings. The topological polar surface area (TPSA) is 69.9 Å². The van der Waals surface area contributed by atoms with Gasteiger partial charge in [-0.3, -0.25) is 4.79 Å². The molecule has 0 unspecified atom stereocenters. The molecule has 0 amide bonds. The lowest BCUT2D eigenvalue weighted by molar-refractivity contribution is -0.135. The van der Waals surface area contributed by atoms with E-state index in [0.29, 0.717) is 12.1 Å². The van der Waals surface area contributed by atoms with Gasteiger partial charge in [0.1, 0.15) is 5.82 Å². The number of benzene rings is 1. The summed E-state index contributed by atoms with van der Waals surface area (Å²) in [6, 6.07) is 0.943. The van der Waals surface area contributed by atoms with Crippen LogP contribution in [0.4, 0.5) is 13.2 Å². The van der Waals surface area contributed by atoms with E-state index in [1.54, 1.807) is 0 Å². The Hall–Kier alpha value is -2.05. The zero-order chi connectivity index (χ0) is 13.0. The average molecular weight is 247 g/mol. The number of carboxylic acid groups (broad SMARTS) is 1. The first kappa shape index (κ1) is 13.0. The Kier molecular flexibility index (Phi) is 4.08. The van der Waals surface area contributed by atoms with Gasteiger partial charge in [-0.1, -0.05) is 5.16 Å². The molecule has 0 aromatic heterocycles. The van der Waals surface area contributed by atoms with Gasteiger partial charge in [0.05, 0.1) is 12.1 Å². The lowest BCUT2D eigenvalue weighted by Crippen LogP contribution is -2.11. The molecule has 0 aliphatic heterocycles. The van der Waals surface area contributed by atoms with Crippen molar-refractivity contribution in [3.63, 3.8) is 0 Å². The SMILES string of the molecule is O=C(O)C/C(Cc1cc(F)c(F)cc1F)=N\O. The summed E-state index contributed by atoms with van der Waals surface area (Å²) in [6.45, 7) is 0. The van der Waals surface area contributed by atoms with Gasteiger partial charge in [0.2, 0.25) is 0 Å². The van der Waals surface area contributed by atoms with Gasteiger partial charge in [-0.2, -0.15) is 0 Å². The molecule has 1 aromatic rings. The van der Waals surface area contributed by atoms with E-state index in [1.807, 2.05) is 0 Å². The smallest absolute Gasteiger partial charge is 0.309 e. The molecule has 0 heterocycles. The van der Waals surface area contributed by atoms with E-state index in [9.17, 15) is 18.0 Å². The lowest BCUT2D eigenvalue weighted by atomic mass is 10.1. The van der Waals surface area contributed by atoms with Gasteiger partial charge in [-0.05, 0) is 11.6 Å². The number of nitrogens with zero attached hydrogens (tertiary/aromatic N) is 1. The van der Waals surface area contributed by atoms with Crippen LogP contribution in [-0.4, -0.2) is 22.0 Å². The van der Waals surface area contributed by atoms with Crippen LogP contribution in [0.3, 0.4) is 0 Å². The number of hydrogen-bond acceptors (Lipinski definition) is 3. The largest absolute Gasteiger partial charge is 0.481 e. The van der Waals surface area contributed by atoms with E-state index in [2.05, 4.69) is 5.16 Å². The summed E-state index contributed by atoms with van der Waals surface area (Å²) in [6.07, 6.45) is -1.03.